The average molecular weight is 297 g/mol. The lowest BCUT2D eigenvalue weighted by Crippen LogP contribution is -2.38. The predicted molar refractivity (Wildman–Crippen MR) is 83.1 cm³/mol. The molecule has 0 unspecified atom stereocenters. The third-order valence-corrected chi connectivity index (χ3v) is 3.84. The van der Waals surface area contributed by atoms with E-state index in [1.165, 1.54) is 4.88 Å². The highest BCUT2D eigenvalue weighted by Gasteiger charge is 2.07. The summed E-state index contributed by atoms with van der Waals surface area (Å²) < 4.78 is 0. The number of rotatable bonds is 5. The van der Waals surface area contributed by atoms with E-state index in [2.05, 4.69) is 20.6 Å². The molecule has 0 aromatic carbocycles. The topological polar surface area (TPSA) is 69.6 Å². The molecule has 0 aliphatic rings. The Balaban J connectivity index is 2.37. The van der Waals surface area contributed by atoms with Gasteiger partial charge in [0.05, 0.1) is 17.2 Å². The summed E-state index contributed by atoms with van der Waals surface area (Å²) in [6.07, 6.45) is 0.451. The van der Waals surface area contributed by atoms with Gasteiger partial charge in [-0.3, -0.25) is 9.79 Å². The van der Waals surface area contributed by atoms with Crippen LogP contribution in [0.3, 0.4) is 0 Å². The molecule has 112 valence electrons. The number of thiazole rings is 1. The fraction of sp³-hybridized carbons (Fsp3) is 0.615. The number of amides is 1. The highest BCUT2D eigenvalue weighted by Crippen LogP contribution is 2.16. The van der Waals surface area contributed by atoms with E-state index in [-0.39, 0.29) is 5.91 Å². The molecule has 6 nitrogen and oxygen atoms in total. The van der Waals surface area contributed by atoms with E-state index in [0.29, 0.717) is 25.5 Å². The molecule has 1 aromatic rings. The minimum atomic E-state index is 0.0990. The van der Waals surface area contributed by atoms with Gasteiger partial charge in [-0.15, -0.1) is 11.3 Å². The lowest BCUT2D eigenvalue weighted by Gasteiger charge is -2.13. The van der Waals surface area contributed by atoms with E-state index < -0.39 is 0 Å². The molecule has 0 aliphatic carbocycles. The molecule has 0 saturated carbocycles. The Labute approximate surface area is 124 Å². The number of aryl methyl sites for hydroxylation is 2. The van der Waals surface area contributed by atoms with E-state index in [0.717, 1.165) is 10.7 Å². The van der Waals surface area contributed by atoms with E-state index >= 15 is 0 Å². The van der Waals surface area contributed by atoms with Crippen LogP contribution in [0.2, 0.25) is 0 Å². The van der Waals surface area contributed by atoms with Crippen LogP contribution in [0.5, 0.6) is 0 Å². The van der Waals surface area contributed by atoms with Crippen molar-refractivity contribution in [2.24, 2.45) is 4.99 Å². The summed E-state index contributed by atoms with van der Waals surface area (Å²) in [7, 11) is 5.22. The molecule has 0 fully saturated rings. The summed E-state index contributed by atoms with van der Waals surface area (Å²) in [6.45, 7) is 5.27. The molecule has 0 bridgehead atoms. The summed E-state index contributed by atoms with van der Waals surface area (Å²) in [5, 5.41) is 7.42. The van der Waals surface area contributed by atoms with E-state index in [9.17, 15) is 4.79 Å². The standard InChI is InChI=1S/C13H23N5OS/c1-9-11(20-10(2)17-9)8-16-13(14-3)15-7-6-12(19)18(4)5/h6-8H2,1-5H3,(H2,14,15,16). The Hall–Kier alpha value is -1.63. The number of aromatic nitrogens is 1. The first kappa shape index (κ1) is 16.4. The molecule has 0 radical (unpaired) electrons. The van der Waals surface area contributed by atoms with Crippen molar-refractivity contribution in [3.05, 3.63) is 15.6 Å². The maximum Gasteiger partial charge on any atom is 0.223 e. The monoisotopic (exact) mass is 297 g/mol. The van der Waals surface area contributed by atoms with Crippen LogP contribution >= 0.6 is 11.3 Å². The van der Waals surface area contributed by atoms with Crippen molar-refractivity contribution in [3.63, 3.8) is 0 Å². The van der Waals surface area contributed by atoms with Crippen molar-refractivity contribution in [1.29, 1.82) is 0 Å². The van der Waals surface area contributed by atoms with E-state index in [1.54, 1.807) is 37.4 Å². The molecule has 0 saturated heterocycles. The lowest BCUT2D eigenvalue weighted by molar-refractivity contribution is -0.128. The number of aliphatic imine (C=N–C) groups is 1. The molecule has 0 spiro atoms. The van der Waals surface area contributed by atoms with Crippen LogP contribution < -0.4 is 10.6 Å². The Morgan fingerprint density at radius 3 is 2.55 bits per heavy atom. The van der Waals surface area contributed by atoms with Gasteiger partial charge in [0.2, 0.25) is 5.91 Å². The van der Waals surface area contributed by atoms with E-state index in [4.69, 9.17) is 0 Å². The van der Waals surface area contributed by atoms with Gasteiger partial charge in [-0.2, -0.15) is 0 Å². The molecule has 1 rings (SSSR count). The van der Waals surface area contributed by atoms with Crippen LogP contribution in [0, 0.1) is 13.8 Å². The molecule has 1 amide bonds. The molecule has 1 aromatic heterocycles. The molecular formula is C13H23N5OS. The second-order valence-electron chi connectivity index (χ2n) is 4.63. The zero-order valence-electron chi connectivity index (χ0n) is 12.8. The maximum atomic E-state index is 11.5. The van der Waals surface area contributed by atoms with Crippen LogP contribution in [0.1, 0.15) is 22.0 Å². The number of guanidine groups is 1. The third-order valence-electron chi connectivity index (χ3n) is 2.77. The minimum absolute atomic E-state index is 0.0990. The highest BCUT2D eigenvalue weighted by atomic mass is 32.1. The van der Waals surface area contributed by atoms with E-state index in [1.807, 2.05) is 13.8 Å². The summed E-state index contributed by atoms with van der Waals surface area (Å²) in [5.41, 5.74) is 1.05. The van der Waals surface area contributed by atoms with Crippen LogP contribution in [-0.4, -0.2) is 49.4 Å². The van der Waals surface area contributed by atoms with Gasteiger partial charge in [0.1, 0.15) is 0 Å². The van der Waals surface area contributed by atoms with Gasteiger partial charge >= 0.3 is 0 Å². The summed E-state index contributed by atoms with van der Waals surface area (Å²) in [4.78, 5) is 22.8. The predicted octanol–water partition coefficient (Wildman–Crippen LogP) is 0.903. The smallest absolute Gasteiger partial charge is 0.223 e. The molecule has 0 atom stereocenters. The Morgan fingerprint density at radius 2 is 2.05 bits per heavy atom. The summed E-state index contributed by atoms with van der Waals surface area (Å²) >= 11 is 1.68. The SMILES string of the molecule is CN=C(NCCC(=O)N(C)C)NCc1sc(C)nc1C. The summed E-state index contributed by atoms with van der Waals surface area (Å²) in [5.74, 6) is 0.795. The Bertz CT molecular complexity index is 481. The van der Waals surface area contributed by atoms with Crippen molar-refractivity contribution >= 4 is 23.2 Å². The van der Waals surface area contributed by atoms with Crippen LogP contribution in [0.4, 0.5) is 0 Å². The first-order valence-electron chi connectivity index (χ1n) is 6.51. The average Bonchev–Trinajstić information content (AvgIpc) is 2.71. The van der Waals surface area contributed by atoms with Crippen LogP contribution in [0.15, 0.2) is 4.99 Å². The molecule has 20 heavy (non-hydrogen) atoms. The maximum absolute atomic E-state index is 11.5. The Morgan fingerprint density at radius 1 is 1.35 bits per heavy atom. The fourth-order valence-corrected chi connectivity index (χ4v) is 2.51. The second-order valence-corrected chi connectivity index (χ2v) is 5.92. The van der Waals surface area contributed by atoms with Crippen molar-refractivity contribution in [2.45, 2.75) is 26.8 Å². The molecule has 2 N–H and O–H groups in total. The fourth-order valence-electron chi connectivity index (χ4n) is 1.63. The number of nitrogens with zero attached hydrogens (tertiary/aromatic N) is 3. The highest BCUT2D eigenvalue weighted by molar-refractivity contribution is 7.11. The van der Waals surface area contributed by atoms with Crippen molar-refractivity contribution < 1.29 is 4.79 Å². The zero-order valence-corrected chi connectivity index (χ0v) is 13.6. The number of hydrogen-bond donors (Lipinski definition) is 2. The minimum Gasteiger partial charge on any atom is -0.356 e. The lowest BCUT2D eigenvalue weighted by atomic mass is 10.4. The van der Waals surface area contributed by atoms with Gasteiger partial charge in [-0.05, 0) is 13.8 Å². The number of carbonyl (C=O) groups excluding carboxylic acids is 1. The first-order chi connectivity index (χ1) is 9.43. The van der Waals surface area contributed by atoms with Crippen molar-refractivity contribution in [3.8, 4) is 0 Å². The van der Waals surface area contributed by atoms with Gasteiger partial charge in [0, 0.05) is 39.0 Å². The van der Waals surface area contributed by atoms with Gasteiger partial charge < -0.3 is 15.5 Å². The van der Waals surface area contributed by atoms with Gasteiger partial charge in [-0.1, -0.05) is 0 Å². The van der Waals surface area contributed by atoms with Crippen LogP contribution in [0.25, 0.3) is 0 Å². The Kier molecular flexibility index (Phi) is 6.44. The van der Waals surface area contributed by atoms with Gasteiger partial charge in [0.15, 0.2) is 5.96 Å². The molecule has 1 heterocycles. The van der Waals surface area contributed by atoms with Crippen molar-refractivity contribution in [2.75, 3.05) is 27.7 Å². The quantitative estimate of drug-likeness (QED) is 0.626. The number of carbonyl (C=O) groups is 1. The van der Waals surface area contributed by atoms with Crippen molar-refractivity contribution in [1.82, 2.24) is 20.5 Å². The second kappa shape index (κ2) is 7.84. The van der Waals surface area contributed by atoms with Crippen LogP contribution in [-0.2, 0) is 11.3 Å². The number of hydrogen-bond acceptors (Lipinski definition) is 4. The normalized spacial score (nSPS) is 11.3. The molecule has 0 aliphatic heterocycles. The number of nitrogens with one attached hydrogen (secondary N) is 2. The largest absolute Gasteiger partial charge is 0.356 e. The summed E-state index contributed by atoms with van der Waals surface area (Å²) in [6, 6.07) is 0. The zero-order chi connectivity index (χ0) is 15.1. The van der Waals surface area contributed by atoms with Gasteiger partial charge in [-0.25, -0.2) is 4.98 Å². The first-order valence-corrected chi connectivity index (χ1v) is 7.33. The molecule has 7 heteroatoms. The van der Waals surface area contributed by atoms with Gasteiger partial charge in [0.25, 0.3) is 0 Å². The third kappa shape index (κ3) is 5.16. The molecular weight excluding hydrogens is 274 g/mol.